The molecule has 4 amide bonds. The molecule has 0 aromatic heterocycles. The molecule has 1 N–H and O–H groups in total. The van der Waals surface area contributed by atoms with Crippen molar-refractivity contribution in [2.75, 3.05) is 16.9 Å². The van der Waals surface area contributed by atoms with Gasteiger partial charge < -0.3 is 9.84 Å². The van der Waals surface area contributed by atoms with Crippen LogP contribution >= 0.6 is 45.8 Å². The van der Waals surface area contributed by atoms with Gasteiger partial charge in [0, 0.05) is 21.1 Å². The van der Waals surface area contributed by atoms with Gasteiger partial charge in [-0.3, -0.25) is 24.1 Å². The first-order valence-corrected chi connectivity index (χ1v) is 16.4. The van der Waals surface area contributed by atoms with E-state index in [1.807, 2.05) is 0 Å². The zero-order valence-corrected chi connectivity index (χ0v) is 28.4. The number of amides is 4. The molecule has 2 aliphatic carbocycles. The van der Waals surface area contributed by atoms with Gasteiger partial charge in [-0.15, -0.1) is 23.2 Å². The van der Waals surface area contributed by atoms with Crippen molar-refractivity contribution < 1.29 is 51.0 Å². The van der Waals surface area contributed by atoms with Crippen LogP contribution in [0.15, 0.2) is 54.1 Å². The number of ether oxygens (including phenoxy) is 1. The van der Waals surface area contributed by atoms with Crippen molar-refractivity contribution in [3.63, 3.8) is 0 Å². The second-order valence-corrected chi connectivity index (χ2v) is 14.6. The predicted molar refractivity (Wildman–Crippen MR) is 173 cm³/mol. The summed E-state index contributed by atoms with van der Waals surface area (Å²) in [5, 5.41) is 11.2. The summed E-state index contributed by atoms with van der Waals surface area (Å²) in [4.78, 5) is 51.7. The first-order valence-electron chi connectivity index (χ1n) is 14.6. The average Bonchev–Trinajstić information content (AvgIpc) is 3.42. The molecule has 3 aromatic carbocycles. The summed E-state index contributed by atoms with van der Waals surface area (Å²) in [7, 11) is 1.31. The van der Waals surface area contributed by atoms with E-state index in [2.05, 4.69) is 22.6 Å². The van der Waals surface area contributed by atoms with E-state index in [9.17, 15) is 37.5 Å². The molecular formula is C33H20Cl2F5IN2O6. The third kappa shape index (κ3) is 4.38. The Morgan fingerprint density at radius 2 is 1.45 bits per heavy atom. The van der Waals surface area contributed by atoms with Crippen LogP contribution < -0.4 is 14.5 Å². The van der Waals surface area contributed by atoms with E-state index >= 15 is 8.78 Å². The lowest BCUT2D eigenvalue weighted by Crippen LogP contribution is -2.60. The van der Waals surface area contributed by atoms with Crippen molar-refractivity contribution in [3.8, 4) is 11.5 Å². The van der Waals surface area contributed by atoms with Crippen LogP contribution in [0.2, 0.25) is 0 Å². The van der Waals surface area contributed by atoms with Crippen LogP contribution in [0.4, 0.5) is 33.3 Å². The van der Waals surface area contributed by atoms with Crippen LogP contribution in [0.5, 0.6) is 11.5 Å². The van der Waals surface area contributed by atoms with E-state index in [0.29, 0.717) is 0 Å². The second kappa shape index (κ2) is 11.4. The topological polar surface area (TPSA) is 104 Å². The standard InChI is InChI=1S/C33H20Cl2F5IN2O6/c1-49-14-6-7-16(19(44)10-14)21-15-8-9-17-20(29(46)42(28(17)45)13-4-2-12(41)3-5-13)18(15)11-32(34)30(47)43(31(48)33(21,32)35)27-25(39)23(37)22(36)24(38)26(27)40/h2-8,10,17-18,20-21,44H,9,11H2,1H3/t17-,18+,20-,21+,32+,33-/m0/s1. The van der Waals surface area contributed by atoms with Gasteiger partial charge in [0.25, 0.3) is 11.8 Å². The summed E-state index contributed by atoms with van der Waals surface area (Å²) in [6, 6.07) is 10.4. The van der Waals surface area contributed by atoms with Crippen molar-refractivity contribution in [3.05, 3.63) is 92.3 Å². The SMILES string of the molecule is COc1ccc([C@H]2C3=CC[C@@H]4C(=O)N(c5ccc(I)cc5)C(=O)[C@@H]4[C@@H]3C[C@@]3(Cl)C(=O)N(c4c(F)c(F)c(F)c(F)c4F)C(=O)[C@@]23Cl)c(O)c1. The number of hydrogen-bond donors (Lipinski definition) is 1. The molecule has 3 aromatic rings. The molecule has 0 spiro atoms. The summed E-state index contributed by atoms with van der Waals surface area (Å²) in [6.45, 7) is 0. The monoisotopic (exact) mass is 832 g/mol. The molecule has 49 heavy (non-hydrogen) atoms. The Bertz CT molecular complexity index is 2040. The smallest absolute Gasteiger partial charge is 0.258 e. The highest BCUT2D eigenvalue weighted by atomic mass is 127. The molecule has 6 atom stereocenters. The summed E-state index contributed by atoms with van der Waals surface area (Å²) in [5.41, 5.74) is -1.52. The summed E-state index contributed by atoms with van der Waals surface area (Å²) in [6.07, 6.45) is 0.845. The summed E-state index contributed by atoms with van der Waals surface area (Å²) in [5.74, 6) is -22.0. The molecule has 2 heterocycles. The van der Waals surface area contributed by atoms with Gasteiger partial charge in [0.2, 0.25) is 17.6 Å². The van der Waals surface area contributed by atoms with Crippen molar-refractivity contribution in [2.45, 2.75) is 28.5 Å². The third-order valence-electron chi connectivity index (χ3n) is 9.85. The molecule has 0 unspecified atom stereocenters. The zero-order valence-electron chi connectivity index (χ0n) is 24.7. The fourth-order valence-electron chi connectivity index (χ4n) is 7.65. The van der Waals surface area contributed by atoms with Crippen molar-refractivity contribution in [1.29, 1.82) is 0 Å². The lowest BCUT2D eigenvalue weighted by atomic mass is 9.56. The molecule has 2 saturated heterocycles. The van der Waals surface area contributed by atoms with Gasteiger partial charge in [-0.1, -0.05) is 17.7 Å². The number of imide groups is 2. The zero-order chi connectivity index (χ0) is 35.5. The van der Waals surface area contributed by atoms with Crippen LogP contribution in [-0.2, 0) is 19.2 Å². The lowest BCUT2D eigenvalue weighted by Gasteiger charge is -2.50. The molecule has 0 bridgehead atoms. The Kier molecular flexibility index (Phi) is 7.83. The Morgan fingerprint density at radius 3 is 2.04 bits per heavy atom. The van der Waals surface area contributed by atoms with Crippen LogP contribution in [0.1, 0.15) is 24.3 Å². The maximum absolute atomic E-state index is 15.2. The number of methoxy groups -OCH3 is 1. The average molecular weight is 833 g/mol. The molecular weight excluding hydrogens is 813 g/mol. The molecule has 254 valence electrons. The number of phenols is 1. The quantitative estimate of drug-likeness (QED) is 0.0616. The van der Waals surface area contributed by atoms with E-state index < -0.39 is 104 Å². The maximum atomic E-state index is 15.2. The van der Waals surface area contributed by atoms with E-state index in [4.69, 9.17) is 27.9 Å². The minimum Gasteiger partial charge on any atom is -0.508 e. The number of aromatic hydroxyl groups is 1. The molecule has 7 rings (SSSR count). The third-order valence-corrected chi connectivity index (χ3v) is 12.0. The Morgan fingerprint density at radius 1 is 0.837 bits per heavy atom. The number of allylic oxidation sites excluding steroid dienone is 2. The fraction of sp³-hybridized carbons (Fsp3) is 0.273. The number of hydrogen-bond acceptors (Lipinski definition) is 6. The van der Waals surface area contributed by atoms with E-state index in [-0.39, 0.29) is 33.9 Å². The Hall–Kier alpha value is -3.76. The van der Waals surface area contributed by atoms with Gasteiger partial charge in [-0.05, 0) is 71.7 Å². The first kappa shape index (κ1) is 33.7. The minimum absolute atomic E-state index is 0.0406. The highest BCUT2D eigenvalue weighted by Crippen LogP contribution is 2.67. The van der Waals surface area contributed by atoms with Gasteiger partial charge in [-0.25, -0.2) is 26.9 Å². The van der Waals surface area contributed by atoms with E-state index in [0.717, 1.165) is 14.5 Å². The predicted octanol–water partition coefficient (Wildman–Crippen LogP) is 6.47. The normalized spacial score (nSPS) is 29.2. The number of benzene rings is 3. The molecule has 4 aliphatic rings. The second-order valence-electron chi connectivity index (χ2n) is 12.1. The number of alkyl halides is 2. The molecule has 8 nitrogen and oxygen atoms in total. The number of halogens is 8. The fourth-order valence-corrected chi connectivity index (χ4v) is 8.94. The first-order chi connectivity index (χ1) is 23.1. The van der Waals surface area contributed by atoms with Gasteiger partial charge >= 0.3 is 0 Å². The summed E-state index contributed by atoms with van der Waals surface area (Å²) >= 11 is 16.2. The van der Waals surface area contributed by atoms with Crippen molar-refractivity contribution in [2.24, 2.45) is 17.8 Å². The van der Waals surface area contributed by atoms with E-state index in [1.165, 1.54) is 19.2 Å². The number of anilines is 2. The number of fused-ring (bicyclic) bond motifs is 4. The van der Waals surface area contributed by atoms with Crippen LogP contribution in [0.25, 0.3) is 0 Å². The van der Waals surface area contributed by atoms with Gasteiger partial charge in [-0.2, -0.15) is 0 Å². The van der Waals surface area contributed by atoms with Crippen molar-refractivity contribution in [1.82, 2.24) is 0 Å². The number of phenolic OH excluding ortho intramolecular Hbond substituents is 1. The van der Waals surface area contributed by atoms with Gasteiger partial charge in [0.05, 0.1) is 24.6 Å². The number of carbonyl (C=O) groups is 4. The summed E-state index contributed by atoms with van der Waals surface area (Å²) < 4.78 is 79.2. The number of carbonyl (C=O) groups excluding carboxylic acids is 4. The van der Waals surface area contributed by atoms with Gasteiger partial charge in [0.15, 0.2) is 33.0 Å². The van der Waals surface area contributed by atoms with Crippen LogP contribution in [0.3, 0.4) is 0 Å². The number of rotatable bonds is 4. The highest BCUT2D eigenvalue weighted by molar-refractivity contribution is 14.1. The molecule has 1 saturated carbocycles. The largest absolute Gasteiger partial charge is 0.508 e. The highest BCUT2D eigenvalue weighted by Gasteiger charge is 2.77. The minimum atomic E-state index is -2.76. The Labute approximate surface area is 297 Å². The Balaban J connectivity index is 1.44. The van der Waals surface area contributed by atoms with E-state index in [1.54, 1.807) is 30.3 Å². The van der Waals surface area contributed by atoms with Crippen molar-refractivity contribution >= 4 is 80.8 Å². The lowest BCUT2D eigenvalue weighted by molar-refractivity contribution is -0.125. The van der Waals surface area contributed by atoms with Crippen LogP contribution in [0, 0.1) is 50.4 Å². The molecule has 2 aliphatic heterocycles. The maximum Gasteiger partial charge on any atom is 0.258 e. The number of nitrogens with zero attached hydrogens (tertiary/aromatic N) is 2. The van der Waals surface area contributed by atoms with Crippen LogP contribution in [-0.4, -0.2) is 45.6 Å². The van der Waals surface area contributed by atoms with Gasteiger partial charge in [0.1, 0.15) is 17.2 Å². The molecule has 0 radical (unpaired) electrons. The molecule has 16 heteroatoms. The molecule has 3 fully saturated rings.